The molecular weight excluding hydrogens is 408 g/mol. The van der Waals surface area contributed by atoms with Crippen molar-refractivity contribution in [2.75, 3.05) is 26.0 Å². The van der Waals surface area contributed by atoms with Gasteiger partial charge in [0.05, 0.1) is 25.7 Å². The number of rotatable bonds is 5. The summed E-state index contributed by atoms with van der Waals surface area (Å²) in [5, 5.41) is 3.01. The molecule has 1 amide bonds. The number of hydrogen-bond acceptors (Lipinski definition) is 2. The number of hydrogen-bond donors (Lipinski definition) is 1. The van der Waals surface area contributed by atoms with E-state index >= 15 is 0 Å². The molecule has 0 spiro atoms. The Morgan fingerprint density at radius 3 is 2.48 bits per heavy atom. The molecule has 0 aromatic heterocycles. The fourth-order valence-electron chi connectivity index (χ4n) is 4.69. The lowest BCUT2D eigenvalue weighted by atomic mass is 9.92. The van der Waals surface area contributed by atoms with Gasteiger partial charge in [-0.3, -0.25) is 4.79 Å². The quantitative estimate of drug-likeness (QED) is 0.725. The van der Waals surface area contributed by atoms with Crippen LogP contribution in [0.2, 0.25) is 0 Å². The van der Waals surface area contributed by atoms with Crippen LogP contribution in [-0.4, -0.2) is 37.1 Å². The van der Waals surface area contributed by atoms with Crippen LogP contribution in [0.3, 0.4) is 0 Å². The minimum absolute atomic E-state index is 0. The van der Waals surface area contributed by atoms with Crippen molar-refractivity contribution < 1.29 is 26.4 Å². The molecule has 1 aliphatic heterocycles. The number of quaternary nitrogens is 1. The van der Waals surface area contributed by atoms with E-state index in [1.807, 2.05) is 43.3 Å². The molecule has 1 fully saturated rings. The van der Waals surface area contributed by atoms with Gasteiger partial charge in [-0.2, -0.15) is 0 Å². The van der Waals surface area contributed by atoms with Crippen LogP contribution in [0.4, 0.5) is 5.69 Å². The first-order chi connectivity index (χ1) is 14.4. The molecule has 4 nitrogen and oxygen atoms in total. The molecule has 2 aliphatic rings. The number of amides is 1. The summed E-state index contributed by atoms with van der Waals surface area (Å²) in [5.74, 6) is 0.738. The highest BCUT2D eigenvalue weighted by Gasteiger charge is 2.29. The van der Waals surface area contributed by atoms with Gasteiger partial charge < -0.3 is 26.9 Å². The zero-order valence-corrected chi connectivity index (χ0v) is 19.5. The average molecular weight is 441 g/mol. The number of benzene rings is 2. The maximum absolute atomic E-state index is 12.7. The summed E-state index contributed by atoms with van der Waals surface area (Å²) in [5.41, 5.74) is 4.89. The number of anilines is 1. The van der Waals surface area contributed by atoms with Gasteiger partial charge in [0.25, 0.3) is 5.91 Å². The van der Waals surface area contributed by atoms with Crippen LogP contribution >= 0.6 is 0 Å². The first-order valence-electron chi connectivity index (χ1n) is 11.1. The molecule has 166 valence electrons. The number of nitrogens with one attached hydrogen (secondary N) is 1. The van der Waals surface area contributed by atoms with Crippen molar-refractivity contribution in [2.45, 2.75) is 51.6 Å². The molecule has 5 heteroatoms. The first kappa shape index (κ1) is 23.4. The first-order valence-corrected chi connectivity index (χ1v) is 11.1. The van der Waals surface area contributed by atoms with Gasteiger partial charge >= 0.3 is 0 Å². The third-order valence-electron chi connectivity index (χ3n) is 6.54. The summed E-state index contributed by atoms with van der Waals surface area (Å²) in [6.07, 6.45) is 8.70. The summed E-state index contributed by atoms with van der Waals surface area (Å²) in [7, 11) is 4.70. The highest BCUT2D eigenvalue weighted by Crippen LogP contribution is 2.29. The largest absolute Gasteiger partial charge is 1.00 e. The van der Waals surface area contributed by atoms with Crippen molar-refractivity contribution in [3.8, 4) is 5.75 Å². The summed E-state index contributed by atoms with van der Waals surface area (Å²) in [6.45, 7) is 3.36. The fraction of sp³-hybridized carbons (Fsp3) is 0.423. The van der Waals surface area contributed by atoms with Crippen molar-refractivity contribution in [2.24, 2.45) is 0 Å². The van der Waals surface area contributed by atoms with Crippen molar-refractivity contribution in [1.29, 1.82) is 0 Å². The second kappa shape index (κ2) is 9.88. The molecule has 0 unspecified atom stereocenters. The van der Waals surface area contributed by atoms with Gasteiger partial charge in [0, 0.05) is 16.8 Å². The van der Waals surface area contributed by atoms with Gasteiger partial charge in [-0.05, 0) is 62.4 Å². The Morgan fingerprint density at radius 1 is 1.06 bits per heavy atom. The zero-order chi connectivity index (χ0) is 21.1. The van der Waals surface area contributed by atoms with Gasteiger partial charge in [0.1, 0.15) is 18.9 Å². The van der Waals surface area contributed by atoms with E-state index in [4.69, 9.17) is 4.74 Å². The Kier molecular flexibility index (Phi) is 7.45. The van der Waals surface area contributed by atoms with Gasteiger partial charge in [-0.15, -0.1) is 0 Å². The molecule has 1 aliphatic carbocycles. The van der Waals surface area contributed by atoms with E-state index in [0.29, 0.717) is 12.2 Å². The van der Waals surface area contributed by atoms with Crippen molar-refractivity contribution in [3.05, 3.63) is 64.7 Å². The Balaban J connectivity index is 0.00000272. The lowest BCUT2D eigenvalue weighted by Gasteiger charge is -2.40. The van der Waals surface area contributed by atoms with E-state index in [-0.39, 0.29) is 18.3 Å². The SMILES string of the molecule is Cc1ccc2c(c1)OCC(C(=O)Nc1ccc(C[N+](C)(C)C3CCCCC3)cc1)=C2.[Cl-]. The molecule has 0 bridgehead atoms. The van der Waals surface area contributed by atoms with Crippen LogP contribution in [0.1, 0.15) is 48.8 Å². The number of halogens is 1. The summed E-state index contributed by atoms with van der Waals surface area (Å²) in [4.78, 5) is 12.7. The minimum Gasteiger partial charge on any atom is -1.00 e. The molecule has 1 N–H and O–H groups in total. The second-order valence-electron chi connectivity index (χ2n) is 9.38. The highest BCUT2D eigenvalue weighted by molar-refractivity contribution is 6.07. The summed E-state index contributed by atoms with van der Waals surface area (Å²) in [6, 6.07) is 15.1. The van der Waals surface area contributed by atoms with Gasteiger partial charge in [-0.1, -0.05) is 30.7 Å². The third-order valence-corrected chi connectivity index (χ3v) is 6.54. The zero-order valence-electron chi connectivity index (χ0n) is 18.8. The smallest absolute Gasteiger partial charge is 0.255 e. The maximum atomic E-state index is 12.7. The molecule has 0 atom stereocenters. The number of nitrogens with zero attached hydrogens (tertiary/aromatic N) is 1. The number of ether oxygens (including phenoxy) is 1. The molecule has 1 heterocycles. The number of carbonyl (C=O) groups excluding carboxylic acids is 1. The van der Waals surface area contributed by atoms with E-state index in [1.54, 1.807) is 0 Å². The molecule has 31 heavy (non-hydrogen) atoms. The molecule has 2 aromatic carbocycles. The normalized spacial score (nSPS) is 16.4. The van der Waals surface area contributed by atoms with Crippen molar-refractivity contribution in [3.63, 3.8) is 0 Å². The average Bonchev–Trinajstić information content (AvgIpc) is 2.75. The van der Waals surface area contributed by atoms with Crippen LogP contribution in [0, 0.1) is 6.92 Å². The van der Waals surface area contributed by atoms with E-state index in [2.05, 4.69) is 31.5 Å². The minimum atomic E-state index is -0.104. The van der Waals surface area contributed by atoms with Crippen LogP contribution in [0.15, 0.2) is 48.0 Å². The van der Waals surface area contributed by atoms with Gasteiger partial charge in [0.2, 0.25) is 0 Å². The molecule has 1 saturated carbocycles. The maximum Gasteiger partial charge on any atom is 0.255 e. The standard InChI is InChI=1S/C26H32N2O2.ClH/c1-19-9-12-21-16-22(18-30-25(21)15-19)26(29)27-23-13-10-20(11-14-23)17-28(2,3)24-7-5-4-6-8-24;/h9-16,24H,4-8,17-18H2,1-3H3;1H. The van der Waals surface area contributed by atoms with Crippen molar-refractivity contribution in [1.82, 2.24) is 0 Å². The lowest BCUT2D eigenvalue weighted by molar-refractivity contribution is -0.929. The topological polar surface area (TPSA) is 38.3 Å². The molecular formula is C26H33ClN2O2. The fourth-order valence-corrected chi connectivity index (χ4v) is 4.69. The van der Waals surface area contributed by atoms with Crippen LogP contribution in [-0.2, 0) is 11.3 Å². The van der Waals surface area contributed by atoms with E-state index < -0.39 is 0 Å². The predicted molar refractivity (Wildman–Crippen MR) is 122 cm³/mol. The van der Waals surface area contributed by atoms with Crippen LogP contribution in [0.25, 0.3) is 6.08 Å². The van der Waals surface area contributed by atoms with Gasteiger partial charge in [0.15, 0.2) is 0 Å². The van der Waals surface area contributed by atoms with Crippen LogP contribution < -0.4 is 22.5 Å². The second-order valence-corrected chi connectivity index (χ2v) is 9.38. The molecule has 0 saturated heterocycles. The number of carbonyl (C=O) groups is 1. The third kappa shape index (κ3) is 5.69. The Labute approximate surface area is 192 Å². The monoisotopic (exact) mass is 440 g/mol. The lowest BCUT2D eigenvalue weighted by Crippen LogP contribution is -3.00. The predicted octanol–water partition coefficient (Wildman–Crippen LogP) is 2.32. The summed E-state index contributed by atoms with van der Waals surface area (Å²) >= 11 is 0. The van der Waals surface area contributed by atoms with E-state index in [9.17, 15) is 4.79 Å². The Bertz CT molecular complexity index is 944. The van der Waals surface area contributed by atoms with Crippen molar-refractivity contribution >= 4 is 17.7 Å². The number of aryl methyl sites for hydroxylation is 1. The Hall–Kier alpha value is -2.30. The van der Waals surface area contributed by atoms with E-state index in [1.165, 1.54) is 37.7 Å². The highest BCUT2D eigenvalue weighted by atomic mass is 35.5. The Morgan fingerprint density at radius 2 is 1.77 bits per heavy atom. The molecule has 2 aromatic rings. The number of fused-ring (bicyclic) bond motifs is 1. The van der Waals surface area contributed by atoms with Crippen LogP contribution in [0.5, 0.6) is 5.75 Å². The molecule has 0 radical (unpaired) electrons. The molecule has 4 rings (SSSR count). The van der Waals surface area contributed by atoms with E-state index in [0.717, 1.165) is 39.6 Å². The summed E-state index contributed by atoms with van der Waals surface area (Å²) < 4.78 is 6.81. The van der Waals surface area contributed by atoms with Gasteiger partial charge in [-0.25, -0.2) is 0 Å².